The molecule has 0 unspecified atom stereocenters. The lowest BCUT2D eigenvalue weighted by Crippen LogP contribution is -2.21. The van der Waals surface area contributed by atoms with Gasteiger partial charge in [-0.15, -0.1) is 0 Å². The lowest BCUT2D eigenvalue weighted by Gasteiger charge is -2.09. The minimum absolute atomic E-state index is 0.103. The van der Waals surface area contributed by atoms with E-state index in [9.17, 15) is 4.79 Å². The second kappa shape index (κ2) is 5.50. The van der Waals surface area contributed by atoms with Gasteiger partial charge in [-0.2, -0.15) is 5.10 Å². The van der Waals surface area contributed by atoms with Gasteiger partial charge >= 0.3 is 0 Å². The van der Waals surface area contributed by atoms with Crippen LogP contribution in [0.15, 0.2) is 12.1 Å². The Bertz CT molecular complexity index is 665. The summed E-state index contributed by atoms with van der Waals surface area (Å²) in [5.74, 6) is -0.192. The number of carbonyl (C=O) groups excluding carboxylic acids is 1. The smallest absolute Gasteiger partial charge is 0.246 e. The number of hydrogen-bond donors (Lipinski definition) is 2. The van der Waals surface area contributed by atoms with Crippen LogP contribution >= 0.6 is 11.6 Å². The van der Waals surface area contributed by atoms with Crippen molar-refractivity contribution in [3.8, 4) is 0 Å². The van der Waals surface area contributed by atoms with E-state index in [1.165, 1.54) is 0 Å². The van der Waals surface area contributed by atoms with Gasteiger partial charge in [0.2, 0.25) is 5.91 Å². The third-order valence-corrected chi connectivity index (χ3v) is 3.27. The van der Waals surface area contributed by atoms with E-state index in [0.717, 1.165) is 11.4 Å². The summed E-state index contributed by atoms with van der Waals surface area (Å²) >= 11 is 5.77. The van der Waals surface area contributed by atoms with E-state index in [1.54, 1.807) is 23.7 Å². The minimum Gasteiger partial charge on any atom is -0.396 e. The third kappa shape index (κ3) is 2.91. The number of aryl methyl sites for hydroxylation is 2. The molecule has 0 atom stereocenters. The van der Waals surface area contributed by atoms with E-state index in [2.05, 4.69) is 15.4 Å². The van der Waals surface area contributed by atoms with Gasteiger partial charge in [0.25, 0.3) is 0 Å². The molecule has 20 heavy (non-hydrogen) atoms. The van der Waals surface area contributed by atoms with Crippen LogP contribution < -0.4 is 11.1 Å². The van der Waals surface area contributed by atoms with E-state index in [1.807, 2.05) is 13.8 Å². The number of pyridine rings is 1. The maximum atomic E-state index is 12.0. The molecule has 2 rings (SSSR count). The lowest BCUT2D eigenvalue weighted by molar-refractivity contribution is -0.116. The molecule has 1 amide bonds. The molecule has 2 aromatic rings. The van der Waals surface area contributed by atoms with Crippen molar-refractivity contribution in [3.63, 3.8) is 0 Å². The van der Waals surface area contributed by atoms with Crippen LogP contribution in [0.25, 0.3) is 0 Å². The molecule has 0 spiro atoms. The fourth-order valence-electron chi connectivity index (χ4n) is 1.85. The summed E-state index contributed by atoms with van der Waals surface area (Å²) in [4.78, 5) is 16.1. The van der Waals surface area contributed by atoms with Crippen LogP contribution in [0.3, 0.4) is 0 Å². The molecule has 0 radical (unpaired) electrons. The molecule has 0 aliphatic carbocycles. The molecule has 0 aliphatic rings. The zero-order chi connectivity index (χ0) is 14.9. The Kier molecular flexibility index (Phi) is 3.94. The quantitative estimate of drug-likeness (QED) is 0.848. The standard InChI is InChI=1S/C13H16ClN5O/c1-7-10(4-5-11(14)16-7)17-12(20)6-19-9(3)13(15)8(2)18-19/h4-5H,6,15H2,1-3H3,(H,17,20). The van der Waals surface area contributed by atoms with Crippen LogP contribution in [0.2, 0.25) is 5.15 Å². The zero-order valence-corrected chi connectivity index (χ0v) is 12.3. The zero-order valence-electron chi connectivity index (χ0n) is 11.6. The van der Waals surface area contributed by atoms with Crippen molar-refractivity contribution in [1.29, 1.82) is 0 Å². The SMILES string of the molecule is Cc1nc(Cl)ccc1NC(=O)Cn1nc(C)c(N)c1C. The van der Waals surface area contributed by atoms with Crippen molar-refractivity contribution < 1.29 is 4.79 Å². The molecule has 0 saturated heterocycles. The second-order valence-electron chi connectivity index (χ2n) is 4.56. The van der Waals surface area contributed by atoms with Gasteiger partial charge < -0.3 is 11.1 Å². The summed E-state index contributed by atoms with van der Waals surface area (Å²) < 4.78 is 1.58. The number of amides is 1. The van der Waals surface area contributed by atoms with Crippen molar-refractivity contribution in [2.75, 3.05) is 11.1 Å². The van der Waals surface area contributed by atoms with Crippen LogP contribution in [0, 0.1) is 20.8 Å². The number of nitrogens with one attached hydrogen (secondary N) is 1. The maximum absolute atomic E-state index is 12.0. The number of nitrogen functional groups attached to an aromatic ring is 1. The fraction of sp³-hybridized carbons (Fsp3) is 0.308. The van der Waals surface area contributed by atoms with Crippen LogP contribution in [0.4, 0.5) is 11.4 Å². The molecule has 7 heteroatoms. The fourth-order valence-corrected chi connectivity index (χ4v) is 2.04. The predicted octanol–water partition coefficient (Wildman–Crippen LogP) is 2.08. The number of anilines is 2. The summed E-state index contributed by atoms with van der Waals surface area (Å²) in [6, 6.07) is 3.35. The molecule has 0 fully saturated rings. The van der Waals surface area contributed by atoms with Crippen LogP contribution in [0.5, 0.6) is 0 Å². The Labute approximate surface area is 121 Å². The van der Waals surface area contributed by atoms with Gasteiger partial charge in [0, 0.05) is 0 Å². The summed E-state index contributed by atoms with van der Waals surface area (Å²) in [7, 11) is 0. The molecular formula is C13H16ClN5O. The first-order valence-electron chi connectivity index (χ1n) is 6.11. The predicted molar refractivity (Wildman–Crippen MR) is 78.7 cm³/mol. The van der Waals surface area contributed by atoms with Gasteiger partial charge in [0.15, 0.2) is 0 Å². The van der Waals surface area contributed by atoms with Crippen molar-refractivity contribution in [2.45, 2.75) is 27.3 Å². The third-order valence-electron chi connectivity index (χ3n) is 3.06. The van der Waals surface area contributed by atoms with E-state index < -0.39 is 0 Å². The summed E-state index contributed by atoms with van der Waals surface area (Å²) in [6.07, 6.45) is 0. The number of halogens is 1. The highest BCUT2D eigenvalue weighted by Crippen LogP contribution is 2.17. The van der Waals surface area contributed by atoms with Crippen LogP contribution in [-0.2, 0) is 11.3 Å². The van der Waals surface area contributed by atoms with Crippen molar-refractivity contribution in [3.05, 3.63) is 34.4 Å². The molecule has 2 heterocycles. The monoisotopic (exact) mass is 293 g/mol. The van der Waals surface area contributed by atoms with Crippen LogP contribution in [0.1, 0.15) is 17.1 Å². The molecule has 0 saturated carbocycles. The second-order valence-corrected chi connectivity index (χ2v) is 4.94. The molecule has 2 aromatic heterocycles. The first-order valence-corrected chi connectivity index (χ1v) is 6.48. The van der Waals surface area contributed by atoms with Gasteiger partial charge in [-0.3, -0.25) is 9.48 Å². The van der Waals surface area contributed by atoms with E-state index >= 15 is 0 Å². The number of aromatic nitrogens is 3. The van der Waals surface area contributed by atoms with Crippen LogP contribution in [-0.4, -0.2) is 20.7 Å². The highest BCUT2D eigenvalue weighted by atomic mass is 35.5. The van der Waals surface area contributed by atoms with Gasteiger partial charge in [0.1, 0.15) is 11.7 Å². The Morgan fingerprint density at radius 1 is 1.35 bits per heavy atom. The Morgan fingerprint density at radius 3 is 2.60 bits per heavy atom. The summed E-state index contributed by atoms with van der Waals surface area (Å²) in [6.45, 7) is 5.52. The average molecular weight is 294 g/mol. The largest absolute Gasteiger partial charge is 0.396 e. The minimum atomic E-state index is -0.192. The lowest BCUT2D eigenvalue weighted by atomic mass is 10.3. The summed E-state index contributed by atoms with van der Waals surface area (Å²) in [5.41, 5.74) is 9.25. The van der Waals surface area contributed by atoms with Crippen molar-refractivity contribution >= 4 is 28.9 Å². The molecule has 0 bridgehead atoms. The van der Waals surface area contributed by atoms with Crippen molar-refractivity contribution in [2.24, 2.45) is 0 Å². The number of nitrogens with two attached hydrogens (primary N) is 1. The Hall–Kier alpha value is -2.08. The highest BCUT2D eigenvalue weighted by Gasteiger charge is 2.12. The van der Waals surface area contributed by atoms with Gasteiger partial charge in [-0.25, -0.2) is 4.98 Å². The Balaban J connectivity index is 2.11. The molecule has 3 N–H and O–H groups in total. The van der Waals surface area contributed by atoms with E-state index in [-0.39, 0.29) is 12.5 Å². The topological polar surface area (TPSA) is 85.8 Å². The first-order chi connectivity index (χ1) is 9.38. The molecule has 106 valence electrons. The molecular weight excluding hydrogens is 278 g/mol. The van der Waals surface area contributed by atoms with E-state index in [0.29, 0.717) is 22.2 Å². The maximum Gasteiger partial charge on any atom is 0.246 e. The average Bonchev–Trinajstić information content (AvgIpc) is 2.61. The van der Waals surface area contributed by atoms with Gasteiger partial charge in [-0.05, 0) is 32.9 Å². The normalized spacial score (nSPS) is 10.6. The number of nitrogens with zero attached hydrogens (tertiary/aromatic N) is 3. The molecule has 6 nitrogen and oxygen atoms in total. The molecule has 0 aromatic carbocycles. The van der Waals surface area contributed by atoms with E-state index in [4.69, 9.17) is 17.3 Å². The van der Waals surface area contributed by atoms with Gasteiger partial charge in [0.05, 0.1) is 28.5 Å². The number of carbonyl (C=O) groups is 1. The number of hydrogen-bond acceptors (Lipinski definition) is 4. The molecule has 0 aliphatic heterocycles. The Morgan fingerprint density at radius 2 is 2.05 bits per heavy atom. The summed E-state index contributed by atoms with van der Waals surface area (Å²) in [5, 5.41) is 7.40. The van der Waals surface area contributed by atoms with Gasteiger partial charge in [-0.1, -0.05) is 11.6 Å². The number of rotatable bonds is 3. The first kappa shape index (κ1) is 14.3. The highest BCUT2D eigenvalue weighted by molar-refractivity contribution is 6.29. The van der Waals surface area contributed by atoms with Crippen molar-refractivity contribution in [1.82, 2.24) is 14.8 Å².